The molecule has 0 spiro atoms. The number of rotatable bonds is 5. The number of aryl methyl sites for hydroxylation is 1. The van der Waals surface area contributed by atoms with Gasteiger partial charge in [-0.2, -0.15) is 0 Å². The molecule has 0 aliphatic rings. The quantitative estimate of drug-likeness (QED) is 0.641. The van der Waals surface area contributed by atoms with Gasteiger partial charge >= 0.3 is 5.69 Å². The van der Waals surface area contributed by atoms with Crippen molar-refractivity contribution in [3.8, 4) is 5.75 Å². The number of aliphatic hydroxyl groups is 1. The van der Waals surface area contributed by atoms with E-state index in [1.807, 2.05) is 0 Å². The second-order valence-electron chi connectivity index (χ2n) is 3.72. The minimum atomic E-state index is -0.576. The van der Waals surface area contributed by atoms with Crippen LogP contribution in [0, 0.1) is 17.0 Å². The first-order valence-electron chi connectivity index (χ1n) is 5.40. The lowest BCUT2D eigenvalue weighted by atomic mass is 10.2. The van der Waals surface area contributed by atoms with Crippen molar-refractivity contribution in [2.75, 3.05) is 0 Å². The summed E-state index contributed by atoms with van der Waals surface area (Å²) in [5.74, 6) is 0.708. The van der Waals surface area contributed by atoms with E-state index < -0.39 is 4.92 Å². The smallest absolute Gasteiger partial charge is 0.311 e. The first-order chi connectivity index (χ1) is 9.10. The molecular formula is C11H11N3O5. The minimum absolute atomic E-state index is 0.0554. The number of nitrogens with zero attached hydrogens (tertiary/aromatic N) is 3. The fourth-order valence-electron chi connectivity index (χ4n) is 1.46. The topological polar surface area (TPSA) is 112 Å². The van der Waals surface area contributed by atoms with Crippen LogP contribution in [-0.4, -0.2) is 20.2 Å². The van der Waals surface area contributed by atoms with Crippen LogP contribution < -0.4 is 4.74 Å². The van der Waals surface area contributed by atoms with E-state index in [9.17, 15) is 10.1 Å². The van der Waals surface area contributed by atoms with E-state index in [-0.39, 0.29) is 30.5 Å². The van der Waals surface area contributed by atoms with Crippen molar-refractivity contribution in [1.82, 2.24) is 10.2 Å². The number of nitro groups is 1. The van der Waals surface area contributed by atoms with Gasteiger partial charge in [-0.15, -0.1) is 10.2 Å². The molecule has 0 saturated heterocycles. The van der Waals surface area contributed by atoms with Gasteiger partial charge in [0.25, 0.3) is 5.89 Å². The largest absolute Gasteiger partial charge is 0.477 e. The predicted octanol–water partition coefficient (Wildman–Crippen LogP) is 1.36. The highest BCUT2D eigenvalue weighted by molar-refractivity contribution is 5.48. The van der Waals surface area contributed by atoms with Gasteiger partial charge in [-0.3, -0.25) is 10.1 Å². The van der Waals surface area contributed by atoms with Gasteiger partial charge in [0.2, 0.25) is 5.89 Å². The molecule has 0 saturated carbocycles. The van der Waals surface area contributed by atoms with Crippen LogP contribution in [0.15, 0.2) is 22.6 Å². The Labute approximate surface area is 107 Å². The summed E-state index contributed by atoms with van der Waals surface area (Å²) in [6.45, 7) is 1.30. The fourth-order valence-corrected chi connectivity index (χ4v) is 1.46. The van der Waals surface area contributed by atoms with Crippen molar-refractivity contribution in [3.05, 3.63) is 45.7 Å². The number of hydrogen-bond acceptors (Lipinski definition) is 7. The van der Waals surface area contributed by atoms with Gasteiger partial charge in [0.15, 0.2) is 12.4 Å². The number of nitro benzene ring substituents is 1. The lowest BCUT2D eigenvalue weighted by Crippen LogP contribution is -2.00. The Morgan fingerprint density at radius 3 is 2.84 bits per heavy atom. The Kier molecular flexibility index (Phi) is 3.71. The molecule has 19 heavy (non-hydrogen) atoms. The van der Waals surface area contributed by atoms with Crippen LogP contribution in [0.5, 0.6) is 5.75 Å². The molecule has 0 radical (unpaired) electrons. The SMILES string of the molecule is Cc1nnc(COc2ccc(CO)cc2[N+](=O)[O-])o1. The van der Waals surface area contributed by atoms with E-state index >= 15 is 0 Å². The summed E-state index contributed by atoms with van der Waals surface area (Å²) in [4.78, 5) is 10.3. The van der Waals surface area contributed by atoms with Gasteiger partial charge in [0, 0.05) is 13.0 Å². The number of benzene rings is 1. The summed E-state index contributed by atoms with van der Waals surface area (Å²) in [5, 5.41) is 27.2. The molecule has 1 aromatic heterocycles. The van der Waals surface area contributed by atoms with Crippen molar-refractivity contribution < 1.29 is 19.2 Å². The van der Waals surface area contributed by atoms with E-state index in [1.165, 1.54) is 12.1 Å². The molecule has 1 N–H and O–H groups in total. The Hall–Kier alpha value is -2.48. The third kappa shape index (κ3) is 3.05. The Balaban J connectivity index is 2.17. The zero-order chi connectivity index (χ0) is 13.8. The van der Waals surface area contributed by atoms with Gasteiger partial charge in [-0.05, 0) is 11.6 Å². The predicted molar refractivity (Wildman–Crippen MR) is 62.4 cm³/mol. The van der Waals surface area contributed by atoms with E-state index in [1.54, 1.807) is 13.0 Å². The maximum atomic E-state index is 10.9. The molecule has 0 amide bonds. The summed E-state index contributed by atoms with van der Waals surface area (Å²) in [5.41, 5.74) is 0.218. The normalized spacial score (nSPS) is 10.4. The summed E-state index contributed by atoms with van der Waals surface area (Å²) in [7, 11) is 0. The zero-order valence-electron chi connectivity index (χ0n) is 10.1. The van der Waals surface area contributed by atoms with E-state index in [2.05, 4.69) is 10.2 Å². The third-order valence-electron chi connectivity index (χ3n) is 2.32. The number of aromatic nitrogens is 2. The maximum Gasteiger partial charge on any atom is 0.311 e. The molecule has 100 valence electrons. The third-order valence-corrected chi connectivity index (χ3v) is 2.32. The van der Waals surface area contributed by atoms with Crippen LogP contribution in [0.2, 0.25) is 0 Å². The second kappa shape index (κ2) is 5.44. The van der Waals surface area contributed by atoms with Crippen molar-refractivity contribution in [3.63, 3.8) is 0 Å². The number of ether oxygens (including phenoxy) is 1. The molecule has 2 rings (SSSR count). The standard InChI is InChI=1S/C11H11N3O5/c1-7-12-13-11(19-7)6-18-10-3-2-8(5-15)4-9(10)14(16)17/h2-4,15H,5-6H2,1H3. The molecule has 0 unspecified atom stereocenters. The van der Waals surface area contributed by atoms with Gasteiger partial charge in [-0.1, -0.05) is 6.07 Å². The Morgan fingerprint density at radius 1 is 1.47 bits per heavy atom. The fraction of sp³-hybridized carbons (Fsp3) is 0.273. The molecule has 2 aromatic rings. The summed E-state index contributed by atoms with van der Waals surface area (Å²) >= 11 is 0. The molecule has 8 nitrogen and oxygen atoms in total. The average Bonchev–Trinajstić information content (AvgIpc) is 2.82. The van der Waals surface area contributed by atoms with Crippen LogP contribution in [0.1, 0.15) is 17.3 Å². The Morgan fingerprint density at radius 2 is 2.26 bits per heavy atom. The maximum absolute atomic E-state index is 10.9. The Bertz CT molecular complexity index is 596. The first-order valence-corrected chi connectivity index (χ1v) is 5.40. The van der Waals surface area contributed by atoms with E-state index in [0.717, 1.165) is 0 Å². The first kappa shape index (κ1) is 13.0. The van der Waals surface area contributed by atoms with Crippen molar-refractivity contribution in [2.45, 2.75) is 20.1 Å². The van der Waals surface area contributed by atoms with Crippen molar-refractivity contribution in [1.29, 1.82) is 0 Å². The highest BCUT2D eigenvalue weighted by atomic mass is 16.6. The number of hydrogen-bond donors (Lipinski definition) is 1. The van der Waals surface area contributed by atoms with Crippen LogP contribution in [0.4, 0.5) is 5.69 Å². The molecule has 1 aromatic carbocycles. The van der Waals surface area contributed by atoms with Crippen molar-refractivity contribution in [2.24, 2.45) is 0 Å². The van der Waals surface area contributed by atoms with Crippen molar-refractivity contribution >= 4 is 5.69 Å². The highest BCUT2D eigenvalue weighted by Gasteiger charge is 2.16. The van der Waals surface area contributed by atoms with E-state index in [4.69, 9.17) is 14.3 Å². The van der Waals surface area contributed by atoms with Crippen LogP contribution in [-0.2, 0) is 13.2 Å². The van der Waals surface area contributed by atoms with Gasteiger partial charge in [-0.25, -0.2) is 0 Å². The molecule has 8 heteroatoms. The number of aliphatic hydroxyl groups excluding tert-OH is 1. The van der Waals surface area contributed by atoms with Gasteiger partial charge < -0.3 is 14.3 Å². The summed E-state index contributed by atoms with van der Waals surface area (Å²) in [6, 6.07) is 4.22. The van der Waals surface area contributed by atoms with Crippen LogP contribution in [0.25, 0.3) is 0 Å². The zero-order valence-corrected chi connectivity index (χ0v) is 10.1. The van der Waals surface area contributed by atoms with Crippen LogP contribution >= 0.6 is 0 Å². The molecular weight excluding hydrogens is 254 g/mol. The summed E-state index contributed by atoms with van der Waals surface area (Å²) in [6.07, 6.45) is 0. The van der Waals surface area contributed by atoms with Gasteiger partial charge in [0.1, 0.15) is 0 Å². The molecule has 0 fully saturated rings. The summed E-state index contributed by atoms with van der Waals surface area (Å²) < 4.78 is 10.4. The second-order valence-corrected chi connectivity index (χ2v) is 3.72. The molecule has 0 aliphatic heterocycles. The van der Waals surface area contributed by atoms with E-state index in [0.29, 0.717) is 11.5 Å². The average molecular weight is 265 g/mol. The molecule has 0 atom stereocenters. The lowest BCUT2D eigenvalue weighted by Gasteiger charge is -2.05. The van der Waals surface area contributed by atoms with Gasteiger partial charge in [0.05, 0.1) is 11.5 Å². The lowest BCUT2D eigenvalue weighted by molar-refractivity contribution is -0.386. The molecule has 0 bridgehead atoms. The van der Waals surface area contributed by atoms with Crippen LogP contribution in [0.3, 0.4) is 0 Å². The molecule has 0 aliphatic carbocycles. The monoisotopic (exact) mass is 265 g/mol. The highest BCUT2D eigenvalue weighted by Crippen LogP contribution is 2.28. The molecule has 1 heterocycles. The minimum Gasteiger partial charge on any atom is -0.477 e.